The fraction of sp³-hybridized carbons (Fsp3) is 0.250. The van der Waals surface area contributed by atoms with Gasteiger partial charge >= 0.3 is 5.97 Å². The summed E-state index contributed by atoms with van der Waals surface area (Å²) in [5.74, 6) is -0.896. The largest absolute Gasteiger partial charge is 0.495 e. The molecule has 5 nitrogen and oxygen atoms in total. The van der Waals surface area contributed by atoms with Crippen LogP contribution in [-0.4, -0.2) is 28.3 Å². The molecule has 13 heavy (non-hydrogen) atoms. The number of methoxy groups -OCH3 is 1. The molecule has 0 aliphatic carbocycles. The van der Waals surface area contributed by atoms with Crippen molar-refractivity contribution in [3.8, 4) is 5.75 Å². The number of carboxylic acids is 1. The summed E-state index contributed by atoms with van der Waals surface area (Å²) in [5, 5.41) is 17.6. The highest BCUT2D eigenvalue weighted by molar-refractivity contribution is 5.73. The first-order valence-corrected chi connectivity index (χ1v) is 3.55. The number of hydrogen-bond acceptors (Lipinski definition) is 4. The van der Waals surface area contributed by atoms with E-state index in [1.165, 1.54) is 25.6 Å². The van der Waals surface area contributed by atoms with Gasteiger partial charge in [-0.15, -0.1) is 0 Å². The summed E-state index contributed by atoms with van der Waals surface area (Å²) in [7, 11) is 1.44. The van der Waals surface area contributed by atoms with Crippen LogP contribution < -0.4 is 4.74 Å². The predicted molar refractivity (Wildman–Crippen MR) is 43.4 cm³/mol. The molecule has 0 spiro atoms. The zero-order valence-corrected chi connectivity index (χ0v) is 6.97. The van der Waals surface area contributed by atoms with Crippen LogP contribution in [0.5, 0.6) is 5.75 Å². The summed E-state index contributed by atoms with van der Waals surface area (Å²) in [4.78, 5) is 14.1. The van der Waals surface area contributed by atoms with Crippen molar-refractivity contribution in [3.63, 3.8) is 0 Å². The van der Waals surface area contributed by atoms with Crippen molar-refractivity contribution in [2.75, 3.05) is 7.11 Å². The number of pyridine rings is 1. The van der Waals surface area contributed by atoms with Crippen LogP contribution in [0.2, 0.25) is 0 Å². The number of nitrogens with zero attached hydrogens (tertiary/aromatic N) is 1. The molecular weight excluding hydrogens is 174 g/mol. The molecule has 2 N–H and O–H groups in total. The Bertz CT molecular complexity index is 313. The monoisotopic (exact) mass is 183 g/mol. The molecule has 70 valence electrons. The van der Waals surface area contributed by atoms with Crippen LogP contribution >= 0.6 is 0 Å². The van der Waals surface area contributed by atoms with E-state index in [0.29, 0.717) is 5.75 Å². The fourth-order valence-corrected chi connectivity index (χ4v) is 0.839. The summed E-state index contributed by atoms with van der Waals surface area (Å²) in [5.41, 5.74) is 0.201. The van der Waals surface area contributed by atoms with Crippen molar-refractivity contribution in [3.05, 3.63) is 24.0 Å². The number of ether oxygens (including phenoxy) is 1. The van der Waals surface area contributed by atoms with E-state index in [1.807, 2.05) is 0 Å². The molecule has 1 heterocycles. The van der Waals surface area contributed by atoms with Crippen molar-refractivity contribution in [2.24, 2.45) is 0 Å². The minimum Gasteiger partial charge on any atom is -0.495 e. The van der Waals surface area contributed by atoms with Crippen molar-refractivity contribution in [2.45, 2.75) is 6.10 Å². The Morgan fingerprint density at radius 2 is 2.31 bits per heavy atom. The first kappa shape index (κ1) is 9.47. The molecule has 1 rings (SSSR count). The molecule has 1 aromatic rings. The number of aliphatic carboxylic acids is 1. The molecule has 0 amide bonds. The first-order chi connectivity index (χ1) is 6.15. The van der Waals surface area contributed by atoms with Crippen molar-refractivity contribution in [1.82, 2.24) is 4.98 Å². The second-order valence-corrected chi connectivity index (χ2v) is 2.40. The summed E-state index contributed by atoms with van der Waals surface area (Å²) < 4.78 is 4.82. The number of aliphatic hydroxyl groups excluding tert-OH is 1. The number of hydrogen-bond donors (Lipinski definition) is 2. The predicted octanol–water partition coefficient (Wildman–Crippen LogP) is 0.208. The van der Waals surface area contributed by atoms with E-state index in [1.54, 1.807) is 0 Å². The second-order valence-electron chi connectivity index (χ2n) is 2.40. The van der Waals surface area contributed by atoms with Gasteiger partial charge in [0, 0.05) is 11.8 Å². The summed E-state index contributed by atoms with van der Waals surface area (Å²) >= 11 is 0. The molecule has 0 aromatic carbocycles. The van der Waals surface area contributed by atoms with Gasteiger partial charge in [-0.3, -0.25) is 4.98 Å². The lowest BCUT2D eigenvalue weighted by molar-refractivity contribution is -0.146. The minimum absolute atomic E-state index is 0.201. The number of carbonyl (C=O) groups is 1. The molecule has 5 heteroatoms. The van der Waals surface area contributed by atoms with Gasteiger partial charge in [0.05, 0.1) is 13.3 Å². The molecule has 1 unspecified atom stereocenters. The van der Waals surface area contributed by atoms with E-state index in [-0.39, 0.29) is 5.56 Å². The Hall–Kier alpha value is -1.62. The zero-order chi connectivity index (χ0) is 9.84. The number of aromatic nitrogens is 1. The fourth-order valence-electron chi connectivity index (χ4n) is 0.839. The summed E-state index contributed by atoms with van der Waals surface area (Å²) in [6, 6.07) is 1.42. The van der Waals surface area contributed by atoms with E-state index >= 15 is 0 Å². The maximum atomic E-state index is 10.4. The zero-order valence-electron chi connectivity index (χ0n) is 6.97. The quantitative estimate of drug-likeness (QED) is 0.700. The van der Waals surface area contributed by atoms with Gasteiger partial charge in [0.2, 0.25) is 0 Å². The lowest BCUT2D eigenvalue weighted by Crippen LogP contribution is -2.10. The Kier molecular flexibility index (Phi) is 2.81. The van der Waals surface area contributed by atoms with Crippen molar-refractivity contribution >= 4 is 5.97 Å². The van der Waals surface area contributed by atoms with E-state index in [4.69, 9.17) is 14.9 Å². The van der Waals surface area contributed by atoms with E-state index in [0.717, 1.165) is 0 Å². The van der Waals surface area contributed by atoms with Crippen molar-refractivity contribution in [1.29, 1.82) is 0 Å². The highest BCUT2D eigenvalue weighted by atomic mass is 16.5. The minimum atomic E-state index is -1.55. The Morgan fingerprint density at radius 3 is 2.85 bits per heavy atom. The maximum Gasteiger partial charge on any atom is 0.337 e. The molecule has 0 aliphatic heterocycles. The van der Waals surface area contributed by atoms with E-state index in [2.05, 4.69) is 4.98 Å². The standard InChI is InChI=1S/C8H9NO4/c1-13-6-2-5(3-9-4-6)7(10)8(11)12/h2-4,7,10H,1H3,(H,11,12). The topological polar surface area (TPSA) is 79.7 Å². The Balaban J connectivity index is 2.94. The summed E-state index contributed by atoms with van der Waals surface area (Å²) in [6.07, 6.45) is 1.15. The lowest BCUT2D eigenvalue weighted by Gasteiger charge is -2.06. The molecule has 1 atom stereocenters. The van der Waals surface area contributed by atoms with Crippen LogP contribution in [0.25, 0.3) is 0 Å². The molecule has 0 bridgehead atoms. The Labute approximate surface area is 74.6 Å². The van der Waals surface area contributed by atoms with Gasteiger partial charge in [-0.2, -0.15) is 0 Å². The maximum absolute atomic E-state index is 10.4. The number of rotatable bonds is 3. The van der Waals surface area contributed by atoms with Gasteiger partial charge in [0.1, 0.15) is 5.75 Å². The van der Waals surface area contributed by atoms with Crippen LogP contribution in [0.3, 0.4) is 0 Å². The molecule has 0 aliphatic rings. The smallest absolute Gasteiger partial charge is 0.337 e. The van der Waals surface area contributed by atoms with Crippen LogP contribution in [0.15, 0.2) is 18.5 Å². The first-order valence-electron chi connectivity index (χ1n) is 3.55. The molecule has 0 radical (unpaired) electrons. The van der Waals surface area contributed by atoms with E-state index < -0.39 is 12.1 Å². The van der Waals surface area contributed by atoms with Gasteiger partial charge in [-0.1, -0.05) is 0 Å². The molecule has 0 saturated carbocycles. The van der Waals surface area contributed by atoms with Gasteiger partial charge in [-0.25, -0.2) is 4.79 Å². The van der Waals surface area contributed by atoms with Gasteiger partial charge in [0.15, 0.2) is 6.10 Å². The third kappa shape index (κ3) is 2.16. The van der Waals surface area contributed by atoms with Crippen LogP contribution in [0, 0.1) is 0 Å². The molecule has 0 saturated heterocycles. The Morgan fingerprint density at radius 1 is 1.62 bits per heavy atom. The van der Waals surface area contributed by atoms with Crippen LogP contribution in [0.4, 0.5) is 0 Å². The van der Waals surface area contributed by atoms with Crippen LogP contribution in [-0.2, 0) is 4.79 Å². The average molecular weight is 183 g/mol. The van der Waals surface area contributed by atoms with Crippen molar-refractivity contribution < 1.29 is 19.7 Å². The third-order valence-electron chi connectivity index (χ3n) is 1.52. The molecule has 1 aromatic heterocycles. The highest BCUT2D eigenvalue weighted by Crippen LogP contribution is 2.17. The third-order valence-corrected chi connectivity index (χ3v) is 1.52. The number of aliphatic hydroxyl groups is 1. The molecule has 0 fully saturated rings. The number of carboxylic acid groups (broad SMARTS) is 1. The van der Waals surface area contributed by atoms with Gasteiger partial charge in [0.25, 0.3) is 0 Å². The summed E-state index contributed by atoms with van der Waals surface area (Å²) in [6.45, 7) is 0. The highest BCUT2D eigenvalue weighted by Gasteiger charge is 2.16. The second kappa shape index (κ2) is 3.86. The SMILES string of the molecule is COc1cncc(C(O)C(=O)O)c1. The van der Waals surface area contributed by atoms with Crippen LogP contribution in [0.1, 0.15) is 11.7 Å². The lowest BCUT2D eigenvalue weighted by atomic mass is 10.1. The average Bonchev–Trinajstić information content (AvgIpc) is 2.16. The normalized spacial score (nSPS) is 12.2. The van der Waals surface area contributed by atoms with E-state index in [9.17, 15) is 4.79 Å². The van der Waals surface area contributed by atoms with Gasteiger partial charge < -0.3 is 14.9 Å². The molecular formula is C8H9NO4. The van der Waals surface area contributed by atoms with Gasteiger partial charge in [-0.05, 0) is 6.07 Å².